The molecule has 1 unspecified atom stereocenters. The highest BCUT2D eigenvalue weighted by Crippen LogP contribution is 2.31. The first-order valence-corrected chi connectivity index (χ1v) is 9.96. The molecule has 2 aromatic rings. The fourth-order valence-corrected chi connectivity index (χ4v) is 3.54. The predicted molar refractivity (Wildman–Crippen MR) is 114 cm³/mol. The van der Waals surface area contributed by atoms with Crippen LogP contribution < -0.4 is 4.74 Å². The second-order valence-electron chi connectivity index (χ2n) is 7.13. The highest BCUT2D eigenvalue weighted by molar-refractivity contribution is 6.22. The minimum atomic E-state index is -0.798. The Morgan fingerprint density at radius 1 is 1.16 bits per heavy atom. The van der Waals surface area contributed by atoms with Gasteiger partial charge in [0, 0.05) is 0 Å². The fraction of sp³-hybridized carbons (Fsp3) is 0.292. The van der Waals surface area contributed by atoms with Crippen molar-refractivity contribution >= 4 is 24.0 Å². The number of esters is 1. The van der Waals surface area contributed by atoms with Crippen molar-refractivity contribution in [3.05, 3.63) is 70.3 Å². The fourth-order valence-electron chi connectivity index (χ4n) is 3.54. The Kier molecular flexibility index (Phi) is 6.74. The van der Waals surface area contributed by atoms with Crippen LogP contribution in [0.2, 0.25) is 0 Å². The maximum atomic E-state index is 13.4. The van der Waals surface area contributed by atoms with E-state index in [9.17, 15) is 14.4 Å². The molecular weight excluding hydrogens is 398 g/mol. The van der Waals surface area contributed by atoms with Crippen LogP contribution in [0.4, 0.5) is 4.79 Å². The molecule has 2 aromatic carbocycles. The van der Waals surface area contributed by atoms with E-state index in [2.05, 4.69) is 0 Å². The number of carbonyl (C=O) groups excluding carboxylic acids is 3. The number of cyclic esters (lactones) is 1. The van der Waals surface area contributed by atoms with Gasteiger partial charge in [0.1, 0.15) is 24.0 Å². The van der Waals surface area contributed by atoms with Crippen LogP contribution in [0, 0.1) is 13.8 Å². The van der Waals surface area contributed by atoms with Crippen LogP contribution in [0.1, 0.15) is 35.2 Å². The summed E-state index contributed by atoms with van der Waals surface area (Å²) in [6.07, 6.45) is 0.676. The summed E-state index contributed by atoms with van der Waals surface area (Å²) in [5.74, 6) is -0.888. The Balaban J connectivity index is 2.07. The third-order valence-electron chi connectivity index (χ3n) is 5.09. The normalized spacial score (nSPS) is 16.1. The molecule has 7 heteroatoms. The van der Waals surface area contributed by atoms with Gasteiger partial charge in [-0.1, -0.05) is 30.3 Å². The summed E-state index contributed by atoms with van der Waals surface area (Å²) in [6.45, 7) is 5.47. The number of methoxy groups -OCH3 is 1. The topological polar surface area (TPSA) is 82.1 Å². The number of hydrogen-bond acceptors (Lipinski definition) is 6. The average Bonchev–Trinajstić information content (AvgIpc) is 3.14. The van der Waals surface area contributed by atoms with Gasteiger partial charge in [-0.15, -0.1) is 0 Å². The SMILES string of the molecule is CCOC(=O)/C(=C\c1c(C)cc(OC)cc1C)C(=O)N1C(=O)OCC1c1ccccc1. The number of nitrogens with zero attached hydrogens (tertiary/aromatic N) is 1. The van der Waals surface area contributed by atoms with E-state index in [0.717, 1.165) is 21.6 Å². The van der Waals surface area contributed by atoms with Gasteiger partial charge in [0.2, 0.25) is 0 Å². The van der Waals surface area contributed by atoms with E-state index >= 15 is 0 Å². The van der Waals surface area contributed by atoms with Crippen molar-refractivity contribution in [3.8, 4) is 5.75 Å². The highest BCUT2D eigenvalue weighted by Gasteiger charge is 2.41. The van der Waals surface area contributed by atoms with Crippen LogP contribution in [0.5, 0.6) is 5.75 Å². The quantitative estimate of drug-likeness (QED) is 0.303. The van der Waals surface area contributed by atoms with Crippen molar-refractivity contribution in [1.82, 2.24) is 4.90 Å². The zero-order valence-corrected chi connectivity index (χ0v) is 18.0. The van der Waals surface area contributed by atoms with Gasteiger partial charge in [0.05, 0.1) is 13.7 Å². The molecule has 0 aromatic heterocycles. The lowest BCUT2D eigenvalue weighted by Gasteiger charge is -2.21. The van der Waals surface area contributed by atoms with E-state index < -0.39 is 24.0 Å². The Labute approximate surface area is 181 Å². The van der Waals surface area contributed by atoms with E-state index in [4.69, 9.17) is 14.2 Å². The lowest BCUT2D eigenvalue weighted by atomic mass is 9.98. The summed E-state index contributed by atoms with van der Waals surface area (Å²) in [5.41, 5.74) is 2.81. The molecule has 1 atom stereocenters. The first-order valence-electron chi connectivity index (χ1n) is 9.96. The lowest BCUT2D eigenvalue weighted by molar-refractivity contribution is -0.141. The molecule has 1 aliphatic rings. The Hall–Kier alpha value is -3.61. The Morgan fingerprint density at radius 3 is 2.39 bits per heavy atom. The van der Waals surface area contributed by atoms with Crippen molar-refractivity contribution in [2.75, 3.05) is 20.3 Å². The van der Waals surface area contributed by atoms with E-state index in [0.29, 0.717) is 11.3 Å². The van der Waals surface area contributed by atoms with Gasteiger partial charge >= 0.3 is 12.1 Å². The molecule has 0 aliphatic carbocycles. The van der Waals surface area contributed by atoms with Crippen molar-refractivity contribution < 1.29 is 28.6 Å². The van der Waals surface area contributed by atoms with Crippen LogP contribution in [0.25, 0.3) is 6.08 Å². The smallest absolute Gasteiger partial charge is 0.417 e. The van der Waals surface area contributed by atoms with Crippen molar-refractivity contribution in [2.24, 2.45) is 0 Å². The number of amides is 2. The Bertz CT molecular complexity index is 1000. The molecular formula is C24H25NO6. The minimum absolute atomic E-state index is 0.0191. The van der Waals surface area contributed by atoms with Crippen LogP contribution in [-0.2, 0) is 19.1 Å². The molecule has 0 radical (unpaired) electrons. The molecule has 1 aliphatic heterocycles. The molecule has 0 N–H and O–H groups in total. The van der Waals surface area contributed by atoms with Crippen molar-refractivity contribution in [3.63, 3.8) is 0 Å². The molecule has 1 saturated heterocycles. The number of rotatable bonds is 6. The number of imide groups is 1. The summed E-state index contributed by atoms with van der Waals surface area (Å²) in [7, 11) is 1.57. The molecule has 1 heterocycles. The third kappa shape index (κ3) is 4.60. The summed E-state index contributed by atoms with van der Waals surface area (Å²) in [4.78, 5) is 39.6. The maximum absolute atomic E-state index is 13.4. The zero-order valence-electron chi connectivity index (χ0n) is 18.0. The summed E-state index contributed by atoms with van der Waals surface area (Å²) in [5, 5.41) is 0. The lowest BCUT2D eigenvalue weighted by Crippen LogP contribution is -2.37. The van der Waals surface area contributed by atoms with Gasteiger partial charge in [-0.05, 0) is 61.2 Å². The largest absolute Gasteiger partial charge is 0.497 e. The monoisotopic (exact) mass is 423 g/mol. The number of benzene rings is 2. The second kappa shape index (κ2) is 9.47. The highest BCUT2D eigenvalue weighted by atomic mass is 16.6. The van der Waals surface area contributed by atoms with Crippen LogP contribution in [0.3, 0.4) is 0 Å². The molecule has 162 valence electrons. The van der Waals surface area contributed by atoms with Crippen molar-refractivity contribution in [1.29, 1.82) is 0 Å². The van der Waals surface area contributed by atoms with E-state index in [1.807, 2.05) is 44.2 Å². The van der Waals surface area contributed by atoms with E-state index in [-0.39, 0.29) is 18.8 Å². The maximum Gasteiger partial charge on any atom is 0.417 e. The van der Waals surface area contributed by atoms with Gasteiger partial charge < -0.3 is 14.2 Å². The number of carbonyl (C=O) groups is 3. The molecule has 0 spiro atoms. The molecule has 0 saturated carbocycles. The summed E-state index contributed by atoms with van der Waals surface area (Å²) >= 11 is 0. The Morgan fingerprint density at radius 2 is 1.81 bits per heavy atom. The molecule has 2 amide bonds. The molecule has 31 heavy (non-hydrogen) atoms. The first-order chi connectivity index (χ1) is 14.9. The second-order valence-corrected chi connectivity index (χ2v) is 7.13. The number of hydrogen-bond donors (Lipinski definition) is 0. The van der Waals surface area contributed by atoms with Gasteiger partial charge in [0.25, 0.3) is 5.91 Å². The van der Waals surface area contributed by atoms with E-state index in [1.54, 1.807) is 26.2 Å². The van der Waals surface area contributed by atoms with Gasteiger partial charge in [-0.3, -0.25) is 4.79 Å². The summed E-state index contributed by atoms with van der Waals surface area (Å²) in [6, 6.07) is 12.1. The van der Waals surface area contributed by atoms with Crippen LogP contribution >= 0.6 is 0 Å². The van der Waals surface area contributed by atoms with Gasteiger partial charge in [0.15, 0.2) is 0 Å². The molecule has 7 nitrogen and oxygen atoms in total. The first kappa shape index (κ1) is 22.1. The summed E-state index contributed by atoms with van der Waals surface area (Å²) < 4.78 is 15.5. The predicted octanol–water partition coefficient (Wildman–Crippen LogP) is 3.98. The third-order valence-corrected chi connectivity index (χ3v) is 5.09. The molecule has 3 rings (SSSR count). The van der Waals surface area contributed by atoms with Crippen LogP contribution in [-0.4, -0.2) is 43.2 Å². The average molecular weight is 423 g/mol. The van der Waals surface area contributed by atoms with Crippen LogP contribution in [0.15, 0.2) is 48.0 Å². The van der Waals surface area contributed by atoms with E-state index in [1.165, 1.54) is 6.08 Å². The minimum Gasteiger partial charge on any atom is -0.497 e. The number of aryl methyl sites for hydroxylation is 2. The van der Waals surface area contributed by atoms with Gasteiger partial charge in [-0.25, -0.2) is 14.5 Å². The van der Waals surface area contributed by atoms with Gasteiger partial charge in [-0.2, -0.15) is 0 Å². The molecule has 0 bridgehead atoms. The van der Waals surface area contributed by atoms with Crippen molar-refractivity contribution in [2.45, 2.75) is 26.8 Å². The standard InChI is InChI=1S/C24H25NO6/c1-5-30-23(27)20(13-19-15(2)11-18(29-4)12-16(19)3)22(26)25-21(14-31-24(25)28)17-9-7-6-8-10-17/h6-13,21H,5,14H2,1-4H3/b20-13-. The zero-order chi connectivity index (χ0) is 22.5. The molecule has 1 fully saturated rings. The number of ether oxygens (including phenoxy) is 3.